The van der Waals surface area contributed by atoms with Gasteiger partial charge < -0.3 is 9.13 Å². The van der Waals surface area contributed by atoms with Crippen LogP contribution in [-0.4, -0.2) is 19.1 Å². The Morgan fingerprint density at radius 1 is 0.317 bits per heavy atom. The summed E-state index contributed by atoms with van der Waals surface area (Å²) in [6.07, 6.45) is 0. The van der Waals surface area contributed by atoms with E-state index in [2.05, 4.69) is 203 Å². The Hall–Kier alpha value is -8.12. The highest BCUT2D eigenvalue weighted by atomic mass is 32.1. The Balaban J connectivity index is 1.03. The standard InChI is InChI=1S/C58H34N4S/c1-7-24-49-39(15-1)40-16-2-8-25-50(40)61(49)53-27-11-14-35-32-45-41-17-3-9-26-51(41)62(54(45)34-44(35)53)52-28-13-19-37-38(52)20-12-21-43(37)58-57(59-47-22-5-6-23-48(47)60-58)36-30-31-56-46(33-36)42-18-4-10-29-55(42)63-56/h1-34H. The largest absolute Gasteiger partial charge is 0.309 e. The zero-order valence-electron chi connectivity index (χ0n) is 33.8. The van der Waals surface area contributed by atoms with Crippen molar-refractivity contribution in [3.63, 3.8) is 0 Å². The SMILES string of the molecule is c1cc(-n2c3ccccc3c3ccccc32)c2cc3c(cc2c1)c1ccccc1n3-c1cccc2c(-c3nc4ccccc4nc3-c3ccc4sc5ccccc5c4c3)cccc12. The highest BCUT2D eigenvalue weighted by Gasteiger charge is 2.21. The van der Waals surface area contributed by atoms with Gasteiger partial charge in [-0.15, -0.1) is 11.3 Å². The van der Waals surface area contributed by atoms with E-state index >= 15 is 0 Å². The maximum Gasteiger partial charge on any atom is 0.0979 e. The summed E-state index contributed by atoms with van der Waals surface area (Å²) in [6.45, 7) is 0. The van der Waals surface area contributed by atoms with E-state index in [0.717, 1.165) is 55.5 Å². The molecule has 0 radical (unpaired) electrons. The number of rotatable bonds is 4. The van der Waals surface area contributed by atoms with Crippen LogP contribution < -0.4 is 0 Å². The van der Waals surface area contributed by atoms with Crippen LogP contribution in [0.2, 0.25) is 0 Å². The third kappa shape index (κ3) is 5.03. The number of aromatic nitrogens is 4. The van der Waals surface area contributed by atoms with Gasteiger partial charge in [-0.3, -0.25) is 0 Å². The Morgan fingerprint density at radius 3 is 1.60 bits per heavy atom. The second-order valence-corrected chi connectivity index (χ2v) is 17.6. The van der Waals surface area contributed by atoms with Gasteiger partial charge in [-0.2, -0.15) is 0 Å². The van der Waals surface area contributed by atoms with Crippen LogP contribution in [0.4, 0.5) is 0 Å². The maximum absolute atomic E-state index is 5.44. The van der Waals surface area contributed by atoms with E-state index in [9.17, 15) is 0 Å². The van der Waals surface area contributed by atoms with E-state index in [1.807, 2.05) is 23.5 Å². The summed E-state index contributed by atoms with van der Waals surface area (Å²) in [5.41, 5.74) is 12.6. The normalized spacial score (nSPS) is 12.1. The summed E-state index contributed by atoms with van der Waals surface area (Å²) in [4.78, 5) is 10.8. The number of hydrogen-bond acceptors (Lipinski definition) is 3. The van der Waals surface area contributed by atoms with Gasteiger partial charge in [0.25, 0.3) is 0 Å². The van der Waals surface area contributed by atoms with Crippen molar-refractivity contribution in [1.29, 1.82) is 0 Å². The van der Waals surface area contributed by atoms with E-state index < -0.39 is 0 Å². The summed E-state index contributed by atoms with van der Waals surface area (Å²) in [7, 11) is 0. The van der Waals surface area contributed by atoms with Crippen molar-refractivity contribution in [2.24, 2.45) is 0 Å². The number of fused-ring (bicyclic) bond motifs is 12. The predicted molar refractivity (Wildman–Crippen MR) is 267 cm³/mol. The molecule has 0 bridgehead atoms. The molecule has 5 heteroatoms. The Labute approximate surface area is 365 Å². The topological polar surface area (TPSA) is 35.6 Å². The molecule has 10 aromatic carbocycles. The Morgan fingerprint density at radius 2 is 0.857 bits per heavy atom. The Bertz CT molecular complexity index is 4170. The van der Waals surface area contributed by atoms with E-state index in [4.69, 9.17) is 9.97 Å². The molecule has 14 aromatic rings. The molecular weight excluding hydrogens is 785 g/mol. The van der Waals surface area contributed by atoms with Gasteiger partial charge in [0.05, 0.1) is 55.9 Å². The van der Waals surface area contributed by atoms with Gasteiger partial charge >= 0.3 is 0 Å². The van der Waals surface area contributed by atoms with Crippen LogP contribution in [-0.2, 0) is 0 Å². The monoisotopic (exact) mass is 818 g/mol. The average Bonchev–Trinajstić information content (AvgIpc) is 3.99. The number of para-hydroxylation sites is 5. The third-order valence-electron chi connectivity index (χ3n) is 13.1. The van der Waals surface area contributed by atoms with Crippen LogP contribution in [0, 0.1) is 0 Å². The van der Waals surface area contributed by atoms with Crippen LogP contribution in [0.25, 0.3) is 130 Å². The fourth-order valence-corrected chi connectivity index (χ4v) is 11.4. The molecule has 4 aromatic heterocycles. The van der Waals surface area contributed by atoms with Crippen LogP contribution in [0.5, 0.6) is 0 Å². The molecule has 0 saturated heterocycles. The molecule has 4 heterocycles. The van der Waals surface area contributed by atoms with E-state index in [-0.39, 0.29) is 0 Å². The summed E-state index contributed by atoms with van der Waals surface area (Å²) in [5, 5.41) is 12.2. The molecule has 0 aliphatic carbocycles. The summed E-state index contributed by atoms with van der Waals surface area (Å²) < 4.78 is 7.47. The first-order valence-electron chi connectivity index (χ1n) is 21.4. The van der Waals surface area contributed by atoms with E-state index in [1.54, 1.807) is 0 Å². The fraction of sp³-hybridized carbons (Fsp3) is 0. The lowest BCUT2D eigenvalue weighted by Gasteiger charge is -2.16. The summed E-state index contributed by atoms with van der Waals surface area (Å²) >= 11 is 1.83. The average molecular weight is 819 g/mol. The van der Waals surface area contributed by atoms with Crippen molar-refractivity contribution < 1.29 is 0 Å². The highest BCUT2D eigenvalue weighted by molar-refractivity contribution is 7.25. The minimum absolute atomic E-state index is 0.874. The molecule has 0 unspecified atom stereocenters. The second-order valence-electron chi connectivity index (χ2n) is 16.5. The molecule has 14 rings (SSSR count). The second kappa shape index (κ2) is 13.2. The van der Waals surface area contributed by atoms with Gasteiger partial charge in [0.2, 0.25) is 0 Å². The van der Waals surface area contributed by atoms with Crippen molar-refractivity contribution in [2.45, 2.75) is 0 Å². The lowest BCUT2D eigenvalue weighted by molar-refractivity contribution is 1.19. The van der Waals surface area contributed by atoms with Crippen molar-refractivity contribution in [2.75, 3.05) is 0 Å². The number of thiophene rings is 1. The predicted octanol–water partition coefficient (Wildman–Crippen LogP) is 15.8. The number of nitrogens with zero attached hydrogens (tertiary/aromatic N) is 4. The zero-order valence-corrected chi connectivity index (χ0v) is 34.6. The van der Waals surface area contributed by atoms with E-state index in [0.29, 0.717) is 0 Å². The molecule has 0 aliphatic heterocycles. The quantitative estimate of drug-likeness (QED) is 0.177. The maximum atomic E-state index is 5.44. The number of hydrogen-bond donors (Lipinski definition) is 0. The van der Waals surface area contributed by atoms with Gasteiger partial charge in [-0.1, -0.05) is 133 Å². The molecule has 63 heavy (non-hydrogen) atoms. The third-order valence-corrected chi connectivity index (χ3v) is 14.2. The number of benzene rings is 10. The van der Waals surface area contributed by atoms with Crippen LogP contribution in [0.1, 0.15) is 0 Å². The first-order valence-corrected chi connectivity index (χ1v) is 22.2. The molecule has 0 atom stereocenters. The molecule has 4 nitrogen and oxygen atoms in total. The van der Waals surface area contributed by atoms with Crippen LogP contribution in [0.15, 0.2) is 206 Å². The van der Waals surface area contributed by atoms with Gasteiger partial charge in [0.15, 0.2) is 0 Å². The molecule has 0 N–H and O–H groups in total. The van der Waals surface area contributed by atoms with Crippen molar-refractivity contribution >= 4 is 108 Å². The van der Waals surface area contributed by atoms with Crippen LogP contribution >= 0.6 is 11.3 Å². The molecule has 0 spiro atoms. The molecule has 0 fully saturated rings. The lowest BCUT2D eigenvalue weighted by Crippen LogP contribution is -1.99. The van der Waals surface area contributed by atoms with E-state index in [1.165, 1.54) is 74.7 Å². The Kier molecular flexibility index (Phi) is 7.24. The van der Waals surface area contributed by atoms with Gasteiger partial charge in [-0.25, -0.2) is 9.97 Å². The lowest BCUT2D eigenvalue weighted by atomic mass is 9.96. The minimum Gasteiger partial charge on any atom is -0.309 e. The van der Waals surface area contributed by atoms with Gasteiger partial charge in [0, 0.05) is 63.6 Å². The molecule has 0 aliphatic rings. The molecule has 292 valence electrons. The molecule has 0 saturated carbocycles. The highest BCUT2D eigenvalue weighted by Crippen LogP contribution is 2.43. The molecule has 0 amide bonds. The van der Waals surface area contributed by atoms with Crippen LogP contribution in [0.3, 0.4) is 0 Å². The first-order chi connectivity index (χ1) is 31.2. The van der Waals surface area contributed by atoms with Gasteiger partial charge in [-0.05, 0) is 83.6 Å². The molecular formula is C58H34N4S. The van der Waals surface area contributed by atoms with Crippen molar-refractivity contribution in [3.05, 3.63) is 206 Å². The zero-order chi connectivity index (χ0) is 41.2. The fourth-order valence-electron chi connectivity index (χ4n) is 10.3. The first kappa shape index (κ1) is 34.6. The summed E-state index contributed by atoms with van der Waals surface area (Å²) in [5.74, 6) is 0. The van der Waals surface area contributed by atoms with Gasteiger partial charge in [0.1, 0.15) is 0 Å². The minimum atomic E-state index is 0.874. The van der Waals surface area contributed by atoms with Crippen molar-refractivity contribution in [3.8, 4) is 33.9 Å². The van der Waals surface area contributed by atoms with Crippen molar-refractivity contribution in [1.82, 2.24) is 19.1 Å². The smallest absolute Gasteiger partial charge is 0.0979 e. The summed E-state index contributed by atoms with van der Waals surface area (Å²) in [6, 6.07) is 74.9.